The highest BCUT2D eigenvalue weighted by atomic mass is 35.5. The second kappa shape index (κ2) is 10.9. The summed E-state index contributed by atoms with van der Waals surface area (Å²) in [5.41, 5.74) is -0.104. The molecule has 4 rings (SSSR count). The van der Waals surface area contributed by atoms with Gasteiger partial charge >= 0.3 is 0 Å². The fraction of sp³-hybridized carbons (Fsp3) is 0.304. The molecule has 1 fully saturated rings. The summed E-state index contributed by atoms with van der Waals surface area (Å²) < 4.78 is 40.7. The van der Waals surface area contributed by atoms with Crippen molar-refractivity contribution < 1.29 is 28.5 Å². The molecular formula is C23H18ClF2N5O4S. The van der Waals surface area contributed by atoms with E-state index in [0.29, 0.717) is 10.5 Å². The number of halogens is 3. The number of pyridine rings is 1. The maximum absolute atomic E-state index is 14.0. The molecule has 1 aliphatic heterocycles. The molecule has 0 bridgehead atoms. The standard InChI is InChI=1S/C23H18ClF2N5O4S/c1-3-11-4-18(15(7-27)28-8-11)36-23-22(34-2)20(21(33)17(10-32)35-23)31-9-16(29-30-31)12-5-13(25)19(24)14(26)6-12/h1,4-6,8-9,17,20-23,32-33H,10H2,2H3/t17?,20?,21-,22-,23+/m0/s1. The highest BCUT2D eigenvalue weighted by Gasteiger charge is 2.47. The summed E-state index contributed by atoms with van der Waals surface area (Å²) in [6, 6.07) is 4.67. The van der Waals surface area contributed by atoms with Crippen molar-refractivity contribution in [2.24, 2.45) is 0 Å². The molecule has 2 aromatic heterocycles. The van der Waals surface area contributed by atoms with Crippen LogP contribution in [0.25, 0.3) is 11.3 Å². The number of ether oxygens (including phenoxy) is 2. The van der Waals surface area contributed by atoms with Gasteiger partial charge in [-0.2, -0.15) is 5.26 Å². The van der Waals surface area contributed by atoms with Crippen LogP contribution in [0, 0.1) is 35.3 Å². The maximum Gasteiger partial charge on any atom is 0.154 e. The van der Waals surface area contributed by atoms with Gasteiger partial charge in [0.2, 0.25) is 0 Å². The Morgan fingerprint density at radius 1 is 1.33 bits per heavy atom. The molecule has 1 saturated heterocycles. The maximum atomic E-state index is 14.0. The van der Waals surface area contributed by atoms with Crippen molar-refractivity contribution in [3.8, 4) is 29.7 Å². The number of hydrogen-bond acceptors (Lipinski definition) is 9. The number of rotatable bonds is 6. The van der Waals surface area contributed by atoms with E-state index in [-0.39, 0.29) is 17.0 Å². The molecule has 0 amide bonds. The fourth-order valence-corrected chi connectivity index (χ4v) is 5.16. The highest BCUT2D eigenvalue weighted by molar-refractivity contribution is 7.99. The Morgan fingerprint density at radius 3 is 2.67 bits per heavy atom. The summed E-state index contributed by atoms with van der Waals surface area (Å²) in [4.78, 5) is 4.47. The summed E-state index contributed by atoms with van der Waals surface area (Å²) in [5.74, 6) is 0.525. The smallest absolute Gasteiger partial charge is 0.154 e. The summed E-state index contributed by atoms with van der Waals surface area (Å²) in [6.45, 7) is -0.534. The van der Waals surface area contributed by atoms with Crippen molar-refractivity contribution in [3.63, 3.8) is 0 Å². The van der Waals surface area contributed by atoms with E-state index < -0.39 is 53.1 Å². The lowest BCUT2D eigenvalue weighted by Crippen LogP contribution is -2.55. The Balaban J connectivity index is 1.70. The molecule has 2 unspecified atom stereocenters. The first-order valence-corrected chi connectivity index (χ1v) is 11.6. The molecule has 9 nitrogen and oxygen atoms in total. The van der Waals surface area contributed by atoms with Gasteiger partial charge in [-0.25, -0.2) is 18.4 Å². The van der Waals surface area contributed by atoms with Crippen molar-refractivity contribution in [1.29, 1.82) is 5.26 Å². The molecule has 2 N–H and O–H groups in total. The van der Waals surface area contributed by atoms with Crippen molar-refractivity contribution in [3.05, 3.63) is 58.5 Å². The van der Waals surface area contributed by atoms with E-state index in [2.05, 4.69) is 21.2 Å². The van der Waals surface area contributed by atoms with Crippen LogP contribution in [0.2, 0.25) is 5.02 Å². The minimum absolute atomic E-state index is 0.0802. The topological polar surface area (TPSA) is 126 Å². The van der Waals surface area contributed by atoms with Crippen LogP contribution >= 0.6 is 23.4 Å². The average Bonchev–Trinajstić information content (AvgIpc) is 3.37. The van der Waals surface area contributed by atoms with Crippen LogP contribution in [-0.4, -0.2) is 67.7 Å². The summed E-state index contributed by atoms with van der Waals surface area (Å²) in [7, 11) is 1.39. The average molecular weight is 534 g/mol. The van der Waals surface area contributed by atoms with E-state index in [1.54, 1.807) is 6.07 Å². The summed E-state index contributed by atoms with van der Waals surface area (Å²) in [5, 5.41) is 37.6. The van der Waals surface area contributed by atoms with Gasteiger partial charge in [0.25, 0.3) is 0 Å². The molecule has 1 aliphatic rings. The summed E-state index contributed by atoms with van der Waals surface area (Å²) >= 11 is 6.64. The number of aliphatic hydroxyl groups excluding tert-OH is 2. The van der Waals surface area contributed by atoms with E-state index >= 15 is 0 Å². The minimum Gasteiger partial charge on any atom is -0.394 e. The number of terminal acetylenes is 1. The zero-order chi connectivity index (χ0) is 26.0. The summed E-state index contributed by atoms with van der Waals surface area (Å²) in [6.07, 6.45) is 5.01. The van der Waals surface area contributed by atoms with Crippen LogP contribution in [0.4, 0.5) is 8.78 Å². The van der Waals surface area contributed by atoms with Crippen molar-refractivity contribution in [2.45, 2.75) is 34.7 Å². The number of thioether (sulfide) groups is 1. The zero-order valence-electron chi connectivity index (χ0n) is 18.5. The SMILES string of the molecule is C#Cc1cnc(C#N)c(S[C@H]2OC(CO)[C@H](O)C(n3cc(-c4cc(F)c(Cl)c(F)c4)nn3)[C@@H]2OC)c1. The molecular weight excluding hydrogens is 516 g/mol. The third kappa shape index (κ3) is 4.92. The first-order valence-electron chi connectivity index (χ1n) is 10.4. The van der Waals surface area contributed by atoms with E-state index in [1.807, 2.05) is 6.07 Å². The lowest BCUT2D eigenvalue weighted by molar-refractivity contribution is -0.186. The molecule has 0 spiro atoms. The number of nitrogens with zero attached hydrogens (tertiary/aromatic N) is 5. The quantitative estimate of drug-likeness (QED) is 0.363. The minimum atomic E-state index is -1.30. The first kappa shape index (κ1) is 26.0. The first-order chi connectivity index (χ1) is 17.3. The molecule has 3 heterocycles. The highest BCUT2D eigenvalue weighted by Crippen LogP contribution is 2.40. The van der Waals surface area contributed by atoms with Crippen LogP contribution in [0.3, 0.4) is 0 Å². The predicted octanol–water partition coefficient (Wildman–Crippen LogP) is 2.55. The Kier molecular flexibility index (Phi) is 7.85. The Morgan fingerprint density at radius 2 is 2.06 bits per heavy atom. The largest absolute Gasteiger partial charge is 0.394 e. The number of aromatic nitrogens is 4. The van der Waals surface area contributed by atoms with E-state index in [1.165, 1.54) is 24.2 Å². The van der Waals surface area contributed by atoms with Crippen molar-refractivity contribution in [2.75, 3.05) is 13.7 Å². The van der Waals surface area contributed by atoms with Gasteiger partial charge in [-0.05, 0) is 18.2 Å². The van der Waals surface area contributed by atoms with Crippen LogP contribution in [0.15, 0.2) is 35.5 Å². The second-order valence-corrected chi connectivity index (χ2v) is 9.21. The monoisotopic (exact) mass is 533 g/mol. The van der Waals surface area contributed by atoms with Crippen molar-refractivity contribution >= 4 is 23.4 Å². The molecule has 1 aromatic carbocycles. The molecule has 0 aliphatic carbocycles. The van der Waals surface area contributed by atoms with Gasteiger partial charge in [-0.1, -0.05) is 34.5 Å². The van der Waals surface area contributed by atoms with E-state index in [4.69, 9.17) is 27.5 Å². The molecule has 13 heteroatoms. The van der Waals surface area contributed by atoms with E-state index in [9.17, 15) is 24.3 Å². The van der Waals surface area contributed by atoms with Gasteiger partial charge in [-0.15, -0.1) is 11.5 Å². The van der Waals surface area contributed by atoms with Crippen molar-refractivity contribution in [1.82, 2.24) is 20.0 Å². The lowest BCUT2D eigenvalue weighted by atomic mass is 9.97. The van der Waals surface area contributed by atoms with Gasteiger partial charge in [0.1, 0.15) is 58.2 Å². The van der Waals surface area contributed by atoms with Crippen LogP contribution in [-0.2, 0) is 9.47 Å². The molecule has 0 saturated carbocycles. The zero-order valence-corrected chi connectivity index (χ0v) is 20.1. The van der Waals surface area contributed by atoms with E-state index in [0.717, 1.165) is 23.9 Å². The van der Waals surface area contributed by atoms with Gasteiger partial charge in [0, 0.05) is 29.3 Å². The number of nitriles is 1. The Hall–Kier alpha value is -3.10. The fourth-order valence-electron chi connectivity index (χ4n) is 3.79. The van der Waals surface area contributed by atoms with Gasteiger partial charge in [0.15, 0.2) is 5.69 Å². The molecule has 36 heavy (non-hydrogen) atoms. The normalized spacial score (nSPS) is 23.7. The lowest BCUT2D eigenvalue weighted by Gasteiger charge is -2.43. The predicted molar refractivity (Wildman–Crippen MR) is 125 cm³/mol. The Bertz CT molecular complexity index is 1340. The number of aliphatic hydroxyl groups is 2. The number of benzene rings is 1. The molecule has 186 valence electrons. The van der Waals surface area contributed by atoms with Gasteiger partial charge in [-0.3, -0.25) is 0 Å². The number of hydrogen-bond donors (Lipinski definition) is 2. The molecule has 3 aromatic rings. The van der Waals surface area contributed by atoms with Crippen LogP contribution < -0.4 is 0 Å². The second-order valence-electron chi connectivity index (χ2n) is 7.69. The van der Waals surface area contributed by atoms with Crippen LogP contribution in [0.1, 0.15) is 17.3 Å². The Labute approximate surface area is 213 Å². The van der Waals surface area contributed by atoms with Gasteiger partial charge < -0.3 is 19.7 Å². The molecule has 0 radical (unpaired) electrons. The van der Waals surface area contributed by atoms with Crippen LogP contribution in [0.5, 0.6) is 0 Å². The van der Waals surface area contributed by atoms with Gasteiger partial charge in [0.05, 0.1) is 12.8 Å². The third-order valence-corrected chi connectivity index (χ3v) is 7.10. The third-order valence-electron chi connectivity index (χ3n) is 5.56. The molecule has 5 atom stereocenters. The number of methoxy groups -OCH3 is 1.